The Morgan fingerprint density at radius 1 is 1.43 bits per heavy atom. The van der Waals surface area contributed by atoms with Gasteiger partial charge in [0.25, 0.3) is 10.0 Å². The molecule has 1 atom stereocenters. The van der Waals surface area contributed by atoms with Crippen molar-refractivity contribution in [1.29, 1.82) is 0 Å². The Morgan fingerprint density at radius 3 is 2.96 bits per heavy atom. The average Bonchev–Trinajstić information content (AvgIpc) is 3.24. The SMILES string of the molecule is CCCn1c(C)cnc1CC1CCN(S(=O)(=O)c2cccs2)C1. The van der Waals surface area contributed by atoms with Crippen molar-refractivity contribution < 1.29 is 8.42 Å². The van der Waals surface area contributed by atoms with E-state index >= 15 is 0 Å². The van der Waals surface area contributed by atoms with Gasteiger partial charge in [0.05, 0.1) is 0 Å². The van der Waals surface area contributed by atoms with E-state index in [1.807, 2.05) is 11.6 Å². The van der Waals surface area contributed by atoms with Gasteiger partial charge in [0.15, 0.2) is 0 Å². The fourth-order valence-electron chi connectivity index (χ4n) is 3.18. The van der Waals surface area contributed by atoms with E-state index in [0.717, 1.165) is 31.6 Å². The van der Waals surface area contributed by atoms with Crippen molar-refractivity contribution >= 4 is 21.4 Å². The maximum absolute atomic E-state index is 12.6. The van der Waals surface area contributed by atoms with E-state index in [9.17, 15) is 8.42 Å². The van der Waals surface area contributed by atoms with Crippen LogP contribution in [0.1, 0.15) is 31.3 Å². The summed E-state index contributed by atoms with van der Waals surface area (Å²) in [6.45, 7) is 6.42. The number of aromatic nitrogens is 2. The van der Waals surface area contributed by atoms with E-state index in [1.54, 1.807) is 16.4 Å². The van der Waals surface area contributed by atoms with Crippen LogP contribution in [0.25, 0.3) is 0 Å². The average molecular weight is 354 g/mol. The lowest BCUT2D eigenvalue weighted by molar-refractivity contribution is 0.450. The zero-order chi connectivity index (χ0) is 16.4. The van der Waals surface area contributed by atoms with E-state index < -0.39 is 10.0 Å². The highest BCUT2D eigenvalue weighted by atomic mass is 32.2. The second-order valence-corrected chi connectivity index (χ2v) is 9.23. The number of rotatable bonds is 6. The van der Waals surface area contributed by atoms with Crippen molar-refractivity contribution in [2.75, 3.05) is 13.1 Å². The van der Waals surface area contributed by atoms with Crippen LogP contribution in [0.3, 0.4) is 0 Å². The molecule has 3 heterocycles. The third-order valence-electron chi connectivity index (χ3n) is 4.39. The molecule has 7 heteroatoms. The summed E-state index contributed by atoms with van der Waals surface area (Å²) < 4.78 is 29.5. The first kappa shape index (κ1) is 16.7. The normalized spacial score (nSPS) is 19.5. The van der Waals surface area contributed by atoms with Gasteiger partial charge in [-0.2, -0.15) is 4.31 Å². The largest absolute Gasteiger partial charge is 0.332 e. The highest BCUT2D eigenvalue weighted by molar-refractivity contribution is 7.91. The molecule has 5 nitrogen and oxygen atoms in total. The van der Waals surface area contributed by atoms with Gasteiger partial charge in [0, 0.05) is 37.9 Å². The van der Waals surface area contributed by atoms with Crippen molar-refractivity contribution in [3.05, 3.63) is 35.2 Å². The van der Waals surface area contributed by atoms with Crippen LogP contribution < -0.4 is 0 Å². The molecular weight excluding hydrogens is 330 g/mol. The summed E-state index contributed by atoms with van der Waals surface area (Å²) in [5.41, 5.74) is 1.18. The second-order valence-electron chi connectivity index (χ2n) is 6.12. The Morgan fingerprint density at radius 2 is 2.26 bits per heavy atom. The second kappa shape index (κ2) is 6.75. The molecule has 0 amide bonds. The van der Waals surface area contributed by atoms with Gasteiger partial charge in [-0.25, -0.2) is 13.4 Å². The fourth-order valence-corrected chi connectivity index (χ4v) is 5.86. The molecule has 1 saturated heterocycles. The van der Waals surface area contributed by atoms with Gasteiger partial charge in [-0.3, -0.25) is 0 Å². The van der Waals surface area contributed by atoms with Gasteiger partial charge in [0.1, 0.15) is 10.0 Å². The quantitative estimate of drug-likeness (QED) is 0.802. The molecule has 1 unspecified atom stereocenters. The van der Waals surface area contributed by atoms with Crippen LogP contribution in [-0.2, 0) is 23.0 Å². The van der Waals surface area contributed by atoms with Gasteiger partial charge in [0.2, 0.25) is 0 Å². The van der Waals surface area contributed by atoms with Crippen LogP contribution in [0.5, 0.6) is 0 Å². The lowest BCUT2D eigenvalue weighted by atomic mass is 10.0. The molecule has 0 spiro atoms. The zero-order valence-corrected chi connectivity index (χ0v) is 15.2. The number of sulfonamides is 1. The number of hydrogen-bond acceptors (Lipinski definition) is 4. The molecule has 0 radical (unpaired) electrons. The molecule has 126 valence electrons. The Balaban J connectivity index is 1.69. The highest BCUT2D eigenvalue weighted by Gasteiger charge is 2.33. The van der Waals surface area contributed by atoms with Crippen molar-refractivity contribution in [2.24, 2.45) is 5.92 Å². The number of imidazole rings is 1. The summed E-state index contributed by atoms with van der Waals surface area (Å²) in [4.78, 5) is 4.53. The van der Waals surface area contributed by atoms with E-state index in [-0.39, 0.29) is 0 Å². The molecule has 1 fully saturated rings. The maximum atomic E-state index is 12.6. The van der Waals surface area contributed by atoms with Crippen LogP contribution in [0, 0.1) is 12.8 Å². The topological polar surface area (TPSA) is 55.2 Å². The lowest BCUT2D eigenvalue weighted by Crippen LogP contribution is -2.28. The minimum Gasteiger partial charge on any atom is -0.332 e. The first-order valence-corrected chi connectivity index (χ1v) is 10.4. The predicted molar refractivity (Wildman–Crippen MR) is 92.1 cm³/mol. The fraction of sp³-hybridized carbons (Fsp3) is 0.562. The summed E-state index contributed by atoms with van der Waals surface area (Å²) in [6.07, 6.45) is 4.75. The Kier molecular flexibility index (Phi) is 4.89. The first-order valence-electron chi connectivity index (χ1n) is 8.07. The summed E-state index contributed by atoms with van der Waals surface area (Å²) >= 11 is 1.29. The molecule has 0 saturated carbocycles. The van der Waals surface area contributed by atoms with Crippen molar-refractivity contribution in [3.63, 3.8) is 0 Å². The van der Waals surface area contributed by atoms with Crippen molar-refractivity contribution in [1.82, 2.24) is 13.9 Å². The molecule has 3 rings (SSSR count). The smallest absolute Gasteiger partial charge is 0.252 e. The van der Waals surface area contributed by atoms with Crippen molar-refractivity contribution in [2.45, 2.75) is 43.9 Å². The summed E-state index contributed by atoms with van der Waals surface area (Å²) in [5, 5.41) is 1.81. The third-order valence-corrected chi connectivity index (χ3v) is 7.63. The van der Waals surface area contributed by atoms with Crippen molar-refractivity contribution in [3.8, 4) is 0 Å². The Hall–Kier alpha value is -1.18. The standard InChI is InChI=1S/C16H23N3O2S2/c1-3-7-19-13(2)11-17-15(19)10-14-6-8-18(12-14)23(20,21)16-5-4-9-22-16/h4-5,9,11,14H,3,6-8,10,12H2,1-2H3. The van der Waals surface area contributed by atoms with Gasteiger partial charge in [-0.05, 0) is 37.1 Å². The van der Waals surface area contributed by atoms with E-state index in [4.69, 9.17) is 0 Å². The van der Waals surface area contributed by atoms with E-state index in [1.165, 1.54) is 17.0 Å². The van der Waals surface area contributed by atoms with Crippen LogP contribution in [0.4, 0.5) is 0 Å². The molecule has 23 heavy (non-hydrogen) atoms. The van der Waals surface area contributed by atoms with E-state index in [0.29, 0.717) is 23.2 Å². The molecule has 1 aliphatic heterocycles. The number of hydrogen-bond donors (Lipinski definition) is 0. The molecule has 0 bridgehead atoms. The lowest BCUT2D eigenvalue weighted by Gasteiger charge is -2.16. The molecule has 2 aromatic rings. The Labute approximate surface area is 142 Å². The van der Waals surface area contributed by atoms with E-state index in [2.05, 4.69) is 23.4 Å². The van der Waals surface area contributed by atoms with Gasteiger partial charge < -0.3 is 4.57 Å². The summed E-state index contributed by atoms with van der Waals surface area (Å²) in [6, 6.07) is 3.47. The summed E-state index contributed by atoms with van der Waals surface area (Å²) in [7, 11) is -3.31. The maximum Gasteiger partial charge on any atom is 0.252 e. The number of nitrogens with zero attached hydrogens (tertiary/aromatic N) is 3. The van der Waals surface area contributed by atoms with Gasteiger partial charge in [-0.1, -0.05) is 13.0 Å². The first-order chi connectivity index (χ1) is 11.0. The zero-order valence-electron chi connectivity index (χ0n) is 13.6. The Bertz CT molecular complexity index is 750. The molecule has 1 aliphatic rings. The molecule has 0 N–H and O–H groups in total. The van der Waals surface area contributed by atoms with Gasteiger partial charge >= 0.3 is 0 Å². The number of thiophene rings is 1. The number of aryl methyl sites for hydroxylation is 1. The van der Waals surface area contributed by atoms with Gasteiger partial charge in [-0.15, -0.1) is 11.3 Å². The monoisotopic (exact) mass is 353 g/mol. The molecule has 0 aromatic carbocycles. The minimum absolute atomic E-state index is 0.349. The predicted octanol–water partition coefficient (Wildman–Crippen LogP) is 2.92. The van der Waals surface area contributed by atoms with Crippen LogP contribution >= 0.6 is 11.3 Å². The minimum atomic E-state index is -3.31. The van der Waals surface area contributed by atoms with Crippen LogP contribution in [0.2, 0.25) is 0 Å². The summed E-state index contributed by atoms with van der Waals surface area (Å²) in [5.74, 6) is 1.44. The molecule has 2 aromatic heterocycles. The molecular formula is C16H23N3O2S2. The molecule has 0 aliphatic carbocycles. The third kappa shape index (κ3) is 3.36. The highest BCUT2D eigenvalue weighted by Crippen LogP contribution is 2.28. The van der Waals surface area contributed by atoms with Crippen LogP contribution in [0.15, 0.2) is 27.9 Å². The van der Waals surface area contributed by atoms with Crippen LogP contribution in [-0.4, -0.2) is 35.4 Å².